The number of methoxy groups -OCH3 is 1. The van der Waals surface area contributed by atoms with Crippen molar-refractivity contribution in [2.75, 3.05) is 37.0 Å². The molecule has 1 fully saturated rings. The van der Waals surface area contributed by atoms with Gasteiger partial charge < -0.3 is 24.6 Å². The van der Waals surface area contributed by atoms with Crippen molar-refractivity contribution in [3.05, 3.63) is 35.1 Å². The minimum Gasteiger partial charge on any atom is -0.494 e. The first-order valence-electron chi connectivity index (χ1n) is 10.6. The van der Waals surface area contributed by atoms with E-state index in [0.717, 1.165) is 5.69 Å². The maximum absolute atomic E-state index is 12.9. The van der Waals surface area contributed by atoms with Crippen LogP contribution in [0.5, 0.6) is 5.75 Å². The number of amides is 1. The van der Waals surface area contributed by atoms with Crippen molar-refractivity contribution >= 4 is 35.0 Å². The molecular weight excluding hydrogens is 475 g/mol. The van der Waals surface area contributed by atoms with Crippen LogP contribution in [0.2, 0.25) is 5.15 Å². The summed E-state index contributed by atoms with van der Waals surface area (Å²) in [5, 5.41) is 2.14. The summed E-state index contributed by atoms with van der Waals surface area (Å²) in [6.07, 6.45) is -4.35. The van der Waals surface area contributed by atoms with Crippen molar-refractivity contribution in [2.45, 2.75) is 45.5 Å². The third kappa shape index (κ3) is 6.13. The number of aromatic nitrogens is 2. The maximum Gasteiger partial charge on any atom is 0.420 e. The van der Waals surface area contributed by atoms with E-state index >= 15 is 0 Å². The van der Waals surface area contributed by atoms with Crippen molar-refractivity contribution < 1.29 is 27.4 Å². The van der Waals surface area contributed by atoms with Crippen molar-refractivity contribution in [3.8, 4) is 5.75 Å². The lowest BCUT2D eigenvalue weighted by Crippen LogP contribution is -2.55. The van der Waals surface area contributed by atoms with Gasteiger partial charge in [-0.3, -0.25) is 0 Å². The second-order valence-electron chi connectivity index (χ2n) is 8.87. The summed E-state index contributed by atoms with van der Waals surface area (Å²) in [4.78, 5) is 23.7. The van der Waals surface area contributed by atoms with Gasteiger partial charge in [-0.2, -0.15) is 13.2 Å². The average Bonchev–Trinajstić information content (AvgIpc) is 2.71. The number of alkyl halides is 3. The second kappa shape index (κ2) is 9.73. The van der Waals surface area contributed by atoms with Crippen molar-refractivity contribution in [1.82, 2.24) is 14.9 Å². The molecular formula is C22H27ClF3N5O3. The van der Waals surface area contributed by atoms with Crippen LogP contribution in [0.1, 0.15) is 33.3 Å². The van der Waals surface area contributed by atoms with Crippen LogP contribution in [0, 0.1) is 0 Å². The third-order valence-electron chi connectivity index (χ3n) is 5.10. The Bertz CT molecular complexity index is 1050. The van der Waals surface area contributed by atoms with Gasteiger partial charge >= 0.3 is 12.3 Å². The quantitative estimate of drug-likeness (QED) is 0.566. The Kier molecular flexibility index (Phi) is 7.35. The fraction of sp³-hybridized carbons (Fsp3) is 0.500. The number of hydrogen-bond donors (Lipinski definition) is 1. The molecule has 1 saturated heterocycles. The van der Waals surface area contributed by atoms with Gasteiger partial charge in [0.05, 0.1) is 12.8 Å². The Balaban J connectivity index is 1.72. The lowest BCUT2D eigenvalue weighted by atomic mass is 10.1. The highest BCUT2D eigenvalue weighted by atomic mass is 35.5. The number of nitrogens with one attached hydrogen (secondary N) is 1. The van der Waals surface area contributed by atoms with E-state index in [0.29, 0.717) is 37.3 Å². The van der Waals surface area contributed by atoms with E-state index in [9.17, 15) is 18.0 Å². The molecule has 2 heterocycles. The highest BCUT2D eigenvalue weighted by molar-refractivity contribution is 6.30. The smallest absolute Gasteiger partial charge is 0.420 e. The Labute approximate surface area is 201 Å². The molecule has 1 aromatic heterocycles. The molecule has 1 aromatic carbocycles. The van der Waals surface area contributed by atoms with E-state index in [-0.39, 0.29) is 18.1 Å². The van der Waals surface area contributed by atoms with Crippen LogP contribution in [0.15, 0.2) is 24.4 Å². The standard InChI is InChI=1S/C22H27ClF3N5O3/c1-13-12-30(8-9-31(13)20(32)34-21(2,3)4)14-6-7-16(17(10-14)33-5)28-19-27-11-15(18(23)29-19)22(24,25)26/h6-7,10-11,13H,8-9,12H2,1-5H3,(H,27,28,29)/t13-/m1/s1. The number of halogens is 4. The van der Waals surface area contributed by atoms with Crippen molar-refractivity contribution in [3.63, 3.8) is 0 Å². The van der Waals surface area contributed by atoms with Crippen LogP contribution in [-0.4, -0.2) is 59.3 Å². The van der Waals surface area contributed by atoms with Gasteiger partial charge in [0.25, 0.3) is 0 Å². The van der Waals surface area contributed by atoms with E-state index in [1.54, 1.807) is 17.0 Å². The molecule has 3 rings (SSSR count). The molecule has 1 N–H and O–H groups in total. The van der Waals surface area contributed by atoms with Gasteiger partial charge in [-0.25, -0.2) is 14.8 Å². The number of hydrogen-bond acceptors (Lipinski definition) is 7. The number of carbonyl (C=O) groups is 1. The number of ether oxygens (including phenoxy) is 2. The van der Waals surface area contributed by atoms with Crippen molar-refractivity contribution in [1.29, 1.82) is 0 Å². The van der Waals surface area contributed by atoms with Crippen LogP contribution < -0.4 is 15.0 Å². The van der Waals surface area contributed by atoms with E-state index in [1.807, 2.05) is 33.8 Å². The fourth-order valence-electron chi connectivity index (χ4n) is 3.50. The van der Waals surface area contributed by atoms with Crippen LogP contribution in [0.4, 0.5) is 35.3 Å². The van der Waals surface area contributed by atoms with Gasteiger partial charge in [-0.15, -0.1) is 0 Å². The summed E-state index contributed by atoms with van der Waals surface area (Å²) in [6, 6.07) is 5.28. The zero-order chi connectivity index (χ0) is 25.3. The van der Waals surface area contributed by atoms with E-state index < -0.39 is 22.5 Å². The molecule has 186 valence electrons. The fourth-order valence-corrected chi connectivity index (χ4v) is 3.73. The molecule has 0 spiro atoms. The highest BCUT2D eigenvalue weighted by Crippen LogP contribution is 2.35. The molecule has 12 heteroatoms. The normalized spacial score (nSPS) is 16.9. The Morgan fingerprint density at radius 2 is 1.94 bits per heavy atom. The SMILES string of the molecule is COc1cc(N2CCN(C(=O)OC(C)(C)C)[C@H](C)C2)ccc1Nc1ncc(C(F)(F)F)c(Cl)n1. The largest absolute Gasteiger partial charge is 0.494 e. The van der Waals surface area contributed by atoms with E-state index in [4.69, 9.17) is 21.1 Å². The molecule has 0 saturated carbocycles. The Hall–Kier alpha value is -2.95. The summed E-state index contributed by atoms with van der Waals surface area (Å²) in [6.45, 7) is 9.13. The molecule has 1 atom stereocenters. The molecule has 1 amide bonds. The monoisotopic (exact) mass is 501 g/mol. The number of piperazine rings is 1. The first-order valence-corrected chi connectivity index (χ1v) is 11.0. The van der Waals surface area contributed by atoms with Gasteiger partial charge in [0.2, 0.25) is 5.95 Å². The summed E-state index contributed by atoms with van der Waals surface area (Å²) < 4.78 is 49.6. The Morgan fingerprint density at radius 3 is 2.50 bits per heavy atom. The lowest BCUT2D eigenvalue weighted by Gasteiger charge is -2.41. The molecule has 8 nitrogen and oxygen atoms in total. The average molecular weight is 502 g/mol. The molecule has 0 bridgehead atoms. The third-order valence-corrected chi connectivity index (χ3v) is 5.39. The molecule has 1 aliphatic heterocycles. The number of rotatable bonds is 4. The van der Waals surface area contributed by atoms with Crippen LogP contribution in [0.25, 0.3) is 0 Å². The predicted octanol–water partition coefficient (Wildman–Crippen LogP) is 5.35. The van der Waals surface area contributed by atoms with Gasteiger partial charge in [0, 0.05) is 43.6 Å². The van der Waals surface area contributed by atoms with Crippen molar-refractivity contribution in [2.24, 2.45) is 0 Å². The first kappa shape index (κ1) is 25.7. The summed E-state index contributed by atoms with van der Waals surface area (Å²) in [7, 11) is 1.48. The van der Waals surface area contributed by atoms with E-state index in [2.05, 4.69) is 20.2 Å². The first-order chi connectivity index (χ1) is 15.8. The number of benzene rings is 1. The zero-order valence-corrected chi connectivity index (χ0v) is 20.3. The molecule has 1 aliphatic rings. The lowest BCUT2D eigenvalue weighted by molar-refractivity contribution is -0.137. The molecule has 0 radical (unpaired) electrons. The molecule has 34 heavy (non-hydrogen) atoms. The second-order valence-corrected chi connectivity index (χ2v) is 9.23. The van der Waals surface area contributed by atoms with Gasteiger partial charge in [-0.05, 0) is 39.8 Å². The Morgan fingerprint density at radius 1 is 1.24 bits per heavy atom. The van der Waals surface area contributed by atoms with Gasteiger partial charge in [0.1, 0.15) is 22.1 Å². The maximum atomic E-state index is 12.9. The molecule has 0 aliphatic carbocycles. The zero-order valence-electron chi connectivity index (χ0n) is 19.5. The van der Waals surface area contributed by atoms with Crippen LogP contribution >= 0.6 is 11.6 Å². The minimum atomic E-state index is -4.64. The summed E-state index contributed by atoms with van der Waals surface area (Å²) >= 11 is 5.68. The highest BCUT2D eigenvalue weighted by Gasteiger charge is 2.35. The predicted molar refractivity (Wildman–Crippen MR) is 123 cm³/mol. The molecule has 2 aromatic rings. The van der Waals surface area contributed by atoms with Gasteiger partial charge in [0.15, 0.2) is 0 Å². The van der Waals surface area contributed by atoms with E-state index in [1.165, 1.54) is 7.11 Å². The minimum absolute atomic E-state index is 0.0740. The topological polar surface area (TPSA) is 79.8 Å². The number of anilines is 3. The van der Waals surface area contributed by atoms with Crippen LogP contribution in [0.3, 0.4) is 0 Å². The number of nitrogens with zero attached hydrogens (tertiary/aromatic N) is 4. The molecule has 0 unspecified atom stereocenters. The number of carbonyl (C=O) groups excluding carboxylic acids is 1. The summed E-state index contributed by atoms with van der Waals surface area (Å²) in [5.41, 5.74) is -0.348. The van der Waals surface area contributed by atoms with Crippen LogP contribution in [-0.2, 0) is 10.9 Å². The van der Waals surface area contributed by atoms with Gasteiger partial charge in [-0.1, -0.05) is 11.6 Å². The summed E-state index contributed by atoms with van der Waals surface area (Å²) in [5.74, 6) is 0.350.